The van der Waals surface area contributed by atoms with Gasteiger partial charge in [-0.2, -0.15) is 0 Å². The fourth-order valence-corrected chi connectivity index (χ4v) is 4.00. The average molecular weight is 463 g/mol. The number of carbonyl (C=O) groups is 2. The van der Waals surface area contributed by atoms with E-state index in [0.717, 1.165) is 22.8 Å². The number of rotatable bonds is 11. The number of methoxy groups -OCH3 is 2. The number of hydrogen-bond donors (Lipinski definition) is 1. The maximum atomic E-state index is 13.5. The zero-order valence-corrected chi connectivity index (χ0v) is 20.5. The highest BCUT2D eigenvalue weighted by Gasteiger charge is 2.22. The van der Waals surface area contributed by atoms with E-state index in [4.69, 9.17) is 9.47 Å². The minimum absolute atomic E-state index is 0.0334. The Kier molecular flexibility index (Phi) is 8.91. The maximum absolute atomic E-state index is 13.5. The standard InChI is InChI=1S/C28H34N2O4/c1-5-20(2)30(28(32)24-12-8-10-22-9-6-7-11-23(22)24)18-16-27(31)29-17-15-21-13-14-25(33-3)26(19-21)34-4/h6-14,19-20H,5,15-18H2,1-4H3,(H,29,31). The van der Waals surface area contributed by atoms with Crippen LogP contribution in [0.25, 0.3) is 10.8 Å². The van der Waals surface area contributed by atoms with Crippen LogP contribution in [0.3, 0.4) is 0 Å². The van der Waals surface area contributed by atoms with E-state index in [0.29, 0.717) is 36.6 Å². The van der Waals surface area contributed by atoms with Crippen LogP contribution >= 0.6 is 0 Å². The summed E-state index contributed by atoms with van der Waals surface area (Å²) in [6.07, 6.45) is 1.75. The highest BCUT2D eigenvalue weighted by Crippen LogP contribution is 2.27. The minimum atomic E-state index is -0.0699. The molecule has 2 amide bonds. The first kappa shape index (κ1) is 25.1. The van der Waals surface area contributed by atoms with Gasteiger partial charge in [0.2, 0.25) is 5.91 Å². The first-order valence-corrected chi connectivity index (χ1v) is 11.7. The summed E-state index contributed by atoms with van der Waals surface area (Å²) >= 11 is 0. The van der Waals surface area contributed by atoms with Crippen molar-refractivity contribution in [3.05, 3.63) is 71.8 Å². The van der Waals surface area contributed by atoms with Crippen LogP contribution < -0.4 is 14.8 Å². The quantitative estimate of drug-likeness (QED) is 0.442. The lowest BCUT2D eigenvalue weighted by Gasteiger charge is -2.29. The van der Waals surface area contributed by atoms with E-state index < -0.39 is 0 Å². The molecule has 0 aliphatic rings. The fraction of sp³-hybridized carbons (Fsp3) is 0.357. The predicted octanol–water partition coefficient (Wildman–Crippen LogP) is 4.85. The van der Waals surface area contributed by atoms with Gasteiger partial charge in [-0.1, -0.05) is 49.4 Å². The van der Waals surface area contributed by atoms with Crippen molar-refractivity contribution in [3.8, 4) is 11.5 Å². The molecular weight excluding hydrogens is 428 g/mol. The van der Waals surface area contributed by atoms with Gasteiger partial charge >= 0.3 is 0 Å². The van der Waals surface area contributed by atoms with Crippen molar-refractivity contribution in [2.75, 3.05) is 27.3 Å². The fourth-order valence-electron chi connectivity index (χ4n) is 4.00. The van der Waals surface area contributed by atoms with Gasteiger partial charge in [-0.05, 0) is 54.3 Å². The van der Waals surface area contributed by atoms with Gasteiger partial charge in [0, 0.05) is 31.1 Å². The second-order valence-corrected chi connectivity index (χ2v) is 8.32. The molecule has 0 bridgehead atoms. The van der Waals surface area contributed by atoms with Crippen LogP contribution in [-0.4, -0.2) is 50.1 Å². The maximum Gasteiger partial charge on any atom is 0.254 e. The Morgan fingerprint density at radius 3 is 2.44 bits per heavy atom. The second kappa shape index (κ2) is 12.1. The van der Waals surface area contributed by atoms with Crippen LogP contribution in [0.1, 0.15) is 42.6 Å². The molecule has 6 nitrogen and oxygen atoms in total. The number of amides is 2. The lowest BCUT2D eigenvalue weighted by molar-refractivity contribution is -0.121. The van der Waals surface area contributed by atoms with Crippen molar-refractivity contribution in [2.45, 2.75) is 39.2 Å². The van der Waals surface area contributed by atoms with E-state index in [1.807, 2.05) is 72.5 Å². The van der Waals surface area contributed by atoms with Crippen LogP contribution in [0.2, 0.25) is 0 Å². The largest absolute Gasteiger partial charge is 0.493 e. The first-order chi connectivity index (χ1) is 16.5. The minimum Gasteiger partial charge on any atom is -0.493 e. The van der Waals surface area contributed by atoms with Crippen molar-refractivity contribution in [3.63, 3.8) is 0 Å². The summed E-state index contributed by atoms with van der Waals surface area (Å²) in [7, 11) is 3.21. The number of nitrogens with one attached hydrogen (secondary N) is 1. The van der Waals surface area contributed by atoms with Crippen molar-refractivity contribution in [1.82, 2.24) is 10.2 Å². The van der Waals surface area contributed by atoms with Crippen LogP contribution in [0.4, 0.5) is 0 Å². The topological polar surface area (TPSA) is 67.9 Å². The molecular formula is C28H34N2O4. The third kappa shape index (κ3) is 6.07. The molecule has 3 aromatic carbocycles. The monoisotopic (exact) mass is 462 g/mol. The highest BCUT2D eigenvalue weighted by atomic mass is 16.5. The number of benzene rings is 3. The summed E-state index contributed by atoms with van der Waals surface area (Å²) in [5.74, 6) is 1.24. The highest BCUT2D eigenvalue weighted by molar-refractivity contribution is 6.07. The molecule has 180 valence electrons. The normalized spacial score (nSPS) is 11.6. The summed E-state index contributed by atoms with van der Waals surface area (Å²) in [6.45, 7) is 4.96. The Bertz CT molecular complexity index is 1120. The van der Waals surface area contributed by atoms with E-state index in [1.165, 1.54) is 0 Å². The van der Waals surface area contributed by atoms with Gasteiger partial charge in [0.05, 0.1) is 14.2 Å². The molecule has 0 spiro atoms. The van der Waals surface area contributed by atoms with Crippen molar-refractivity contribution >= 4 is 22.6 Å². The lowest BCUT2D eigenvalue weighted by Crippen LogP contribution is -2.41. The molecule has 0 aliphatic carbocycles. The van der Waals surface area contributed by atoms with Crippen LogP contribution in [-0.2, 0) is 11.2 Å². The van der Waals surface area contributed by atoms with E-state index in [2.05, 4.69) is 12.2 Å². The van der Waals surface area contributed by atoms with Crippen LogP contribution in [0, 0.1) is 0 Å². The summed E-state index contributed by atoms with van der Waals surface area (Å²) in [6, 6.07) is 19.4. The summed E-state index contributed by atoms with van der Waals surface area (Å²) in [5.41, 5.74) is 1.72. The zero-order chi connectivity index (χ0) is 24.5. The van der Waals surface area contributed by atoms with E-state index >= 15 is 0 Å². The van der Waals surface area contributed by atoms with Crippen molar-refractivity contribution in [2.24, 2.45) is 0 Å². The molecule has 0 saturated heterocycles. The Hall–Kier alpha value is -3.54. The van der Waals surface area contributed by atoms with Crippen molar-refractivity contribution in [1.29, 1.82) is 0 Å². The van der Waals surface area contributed by atoms with Gasteiger partial charge in [0.25, 0.3) is 5.91 Å². The Morgan fingerprint density at radius 2 is 1.71 bits per heavy atom. The third-order valence-corrected chi connectivity index (χ3v) is 6.17. The second-order valence-electron chi connectivity index (χ2n) is 8.32. The third-order valence-electron chi connectivity index (χ3n) is 6.17. The zero-order valence-electron chi connectivity index (χ0n) is 20.5. The number of hydrogen-bond acceptors (Lipinski definition) is 4. The Morgan fingerprint density at radius 1 is 0.971 bits per heavy atom. The summed E-state index contributed by atoms with van der Waals surface area (Å²) < 4.78 is 10.6. The molecule has 1 atom stereocenters. The summed E-state index contributed by atoms with van der Waals surface area (Å²) in [5, 5.41) is 4.93. The molecule has 1 unspecified atom stereocenters. The molecule has 34 heavy (non-hydrogen) atoms. The van der Waals surface area contributed by atoms with E-state index in [-0.39, 0.29) is 24.3 Å². The van der Waals surface area contributed by atoms with E-state index in [9.17, 15) is 9.59 Å². The smallest absolute Gasteiger partial charge is 0.254 e. The molecule has 0 aliphatic heterocycles. The molecule has 3 aromatic rings. The Labute approximate surface area is 201 Å². The van der Waals surface area contributed by atoms with Gasteiger partial charge in [-0.15, -0.1) is 0 Å². The molecule has 0 radical (unpaired) electrons. The SMILES string of the molecule is CCC(C)N(CCC(=O)NCCc1ccc(OC)c(OC)c1)C(=O)c1cccc2ccccc12. The van der Waals surface area contributed by atoms with Gasteiger partial charge in [0.15, 0.2) is 11.5 Å². The summed E-state index contributed by atoms with van der Waals surface area (Å²) in [4.78, 5) is 27.8. The predicted molar refractivity (Wildman–Crippen MR) is 136 cm³/mol. The molecule has 0 heterocycles. The number of fused-ring (bicyclic) bond motifs is 1. The number of ether oxygens (including phenoxy) is 2. The van der Waals surface area contributed by atoms with Gasteiger partial charge < -0.3 is 19.7 Å². The van der Waals surface area contributed by atoms with Gasteiger partial charge in [-0.25, -0.2) is 0 Å². The van der Waals surface area contributed by atoms with Crippen LogP contribution in [0.5, 0.6) is 11.5 Å². The molecule has 3 rings (SSSR count). The number of carbonyl (C=O) groups excluding carboxylic acids is 2. The van der Waals surface area contributed by atoms with Gasteiger partial charge in [-0.3, -0.25) is 9.59 Å². The molecule has 6 heteroatoms. The lowest BCUT2D eigenvalue weighted by atomic mass is 10.0. The van der Waals surface area contributed by atoms with E-state index in [1.54, 1.807) is 14.2 Å². The molecule has 1 N–H and O–H groups in total. The molecule has 0 aromatic heterocycles. The van der Waals surface area contributed by atoms with Crippen LogP contribution in [0.15, 0.2) is 60.7 Å². The first-order valence-electron chi connectivity index (χ1n) is 11.7. The average Bonchev–Trinajstić information content (AvgIpc) is 2.87. The molecule has 0 fully saturated rings. The van der Waals surface area contributed by atoms with Crippen molar-refractivity contribution < 1.29 is 19.1 Å². The van der Waals surface area contributed by atoms with Gasteiger partial charge in [0.1, 0.15) is 0 Å². The Balaban J connectivity index is 1.59. The molecule has 0 saturated carbocycles. The number of nitrogens with zero attached hydrogens (tertiary/aromatic N) is 1.